The second-order valence-electron chi connectivity index (χ2n) is 4.51. The van der Waals surface area contributed by atoms with E-state index in [-0.39, 0.29) is 12.2 Å². The predicted octanol–water partition coefficient (Wildman–Crippen LogP) is -1.22. The molecule has 102 valence electrons. The van der Waals surface area contributed by atoms with Crippen LogP contribution >= 0.6 is 0 Å². The summed E-state index contributed by atoms with van der Waals surface area (Å²) in [6, 6.07) is 0. The van der Waals surface area contributed by atoms with E-state index in [0.29, 0.717) is 5.56 Å². The van der Waals surface area contributed by atoms with Gasteiger partial charge in [0.2, 0.25) is 0 Å². The summed E-state index contributed by atoms with van der Waals surface area (Å²) in [4.78, 5) is 15.4. The van der Waals surface area contributed by atoms with Gasteiger partial charge in [0.25, 0.3) is 0 Å². The molecule has 0 aromatic carbocycles. The first-order chi connectivity index (χ1) is 8.93. The zero-order valence-electron chi connectivity index (χ0n) is 10.4. The van der Waals surface area contributed by atoms with Crippen LogP contribution in [0.4, 0.5) is 5.82 Å². The Hall–Kier alpha value is -1.88. The number of aliphatic hydroxyl groups is 2. The first kappa shape index (κ1) is 13.5. The van der Waals surface area contributed by atoms with Crippen molar-refractivity contribution in [2.45, 2.75) is 31.3 Å². The standard InChI is InChI=1S/C12H15N3O4/c1-3-12(6-16)8(17)4-9(19-12)15-5-7(2)10(13)14-11(15)18/h1,5,8-9,16-17H,4,6H2,2H3,(H2,13,14,18)/t8-,9?,12+/m0/s1. The fourth-order valence-electron chi connectivity index (χ4n) is 2.02. The molecule has 0 spiro atoms. The van der Waals surface area contributed by atoms with Crippen LogP contribution in [-0.2, 0) is 4.74 Å². The number of anilines is 1. The first-order valence-electron chi connectivity index (χ1n) is 5.73. The second kappa shape index (κ2) is 4.66. The lowest BCUT2D eigenvalue weighted by Gasteiger charge is -2.23. The van der Waals surface area contributed by atoms with Crippen LogP contribution < -0.4 is 11.4 Å². The maximum absolute atomic E-state index is 11.8. The molecule has 1 aliphatic rings. The summed E-state index contributed by atoms with van der Waals surface area (Å²) in [7, 11) is 0. The van der Waals surface area contributed by atoms with Gasteiger partial charge < -0.3 is 20.7 Å². The van der Waals surface area contributed by atoms with Gasteiger partial charge in [0.15, 0.2) is 5.60 Å². The number of ether oxygens (including phenoxy) is 1. The Kier molecular flexibility index (Phi) is 3.32. The van der Waals surface area contributed by atoms with Crippen molar-refractivity contribution in [3.63, 3.8) is 0 Å². The summed E-state index contributed by atoms with van der Waals surface area (Å²) >= 11 is 0. The maximum atomic E-state index is 11.8. The van der Waals surface area contributed by atoms with Crippen LogP contribution in [0.5, 0.6) is 0 Å². The van der Waals surface area contributed by atoms with Crippen molar-refractivity contribution in [2.24, 2.45) is 0 Å². The van der Waals surface area contributed by atoms with Gasteiger partial charge in [0.1, 0.15) is 18.1 Å². The Labute approximate surface area is 109 Å². The quantitative estimate of drug-likeness (QED) is 0.578. The molecule has 2 rings (SSSR count). The number of nitrogen functional groups attached to an aromatic ring is 1. The largest absolute Gasteiger partial charge is 0.392 e. The number of hydrogen-bond donors (Lipinski definition) is 3. The summed E-state index contributed by atoms with van der Waals surface area (Å²) in [6.45, 7) is 1.17. The number of nitrogens with two attached hydrogens (primary N) is 1. The highest BCUT2D eigenvalue weighted by atomic mass is 16.6. The molecule has 1 aromatic heterocycles. The van der Waals surface area contributed by atoms with Crippen LogP contribution in [-0.4, -0.2) is 38.1 Å². The molecule has 1 aromatic rings. The third-order valence-corrected chi connectivity index (χ3v) is 3.27. The Morgan fingerprint density at radius 1 is 1.79 bits per heavy atom. The first-order valence-corrected chi connectivity index (χ1v) is 5.73. The van der Waals surface area contributed by atoms with E-state index in [9.17, 15) is 15.0 Å². The van der Waals surface area contributed by atoms with Crippen molar-refractivity contribution in [3.05, 3.63) is 22.2 Å². The summed E-state index contributed by atoms with van der Waals surface area (Å²) in [6.07, 6.45) is 5.03. The van der Waals surface area contributed by atoms with Gasteiger partial charge >= 0.3 is 5.69 Å². The highest BCUT2D eigenvalue weighted by molar-refractivity contribution is 5.35. The molecule has 7 nitrogen and oxygen atoms in total. The average Bonchev–Trinajstić information content (AvgIpc) is 2.71. The van der Waals surface area contributed by atoms with E-state index >= 15 is 0 Å². The Balaban J connectivity index is 2.39. The number of hydrogen-bond acceptors (Lipinski definition) is 6. The lowest BCUT2D eigenvalue weighted by atomic mass is 9.99. The molecule has 0 aliphatic carbocycles. The second-order valence-corrected chi connectivity index (χ2v) is 4.51. The molecule has 1 unspecified atom stereocenters. The lowest BCUT2D eigenvalue weighted by molar-refractivity contribution is -0.0912. The molecule has 0 saturated carbocycles. The van der Waals surface area contributed by atoms with Gasteiger partial charge in [-0.2, -0.15) is 4.98 Å². The van der Waals surface area contributed by atoms with Gasteiger partial charge in [-0.3, -0.25) is 4.57 Å². The molecule has 0 amide bonds. The van der Waals surface area contributed by atoms with E-state index in [2.05, 4.69) is 10.9 Å². The molecule has 0 radical (unpaired) electrons. The van der Waals surface area contributed by atoms with Crippen LogP contribution in [0.2, 0.25) is 0 Å². The predicted molar refractivity (Wildman–Crippen MR) is 67.0 cm³/mol. The summed E-state index contributed by atoms with van der Waals surface area (Å²) in [5.41, 5.74) is 4.07. The lowest BCUT2D eigenvalue weighted by Crippen LogP contribution is -2.41. The minimum absolute atomic E-state index is 0.0930. The van der Waals surface area contributed by atoms with Crippen molar-refractivity contribution in [3.8, 4) is 12.3 Å². The smallest absolute Gasteiger partial charge is 0.351 e. The SMILES string of the molecule is C#C[C@]1(CO)OC(n2cc(C)c(N)nc2=O)C[C@@H]1O. The van der Waals surface area contributed by atoms with Crippen LogP contribution in [0.1, 0.15) is 18.2 Å². The van der Waals surface area contributed by atoms with Crippen LogP contribution in [0.15, 0.2) is 11.0 Å². The molecular formula is C12H15N3O4. The molecular weight excluding hydrogens is 250 g/mol. The van der Waals surface area contributed by atoms with Gasteiger partial charge in [-0.1, -0.05) is 5.92 Å². The zero-order valence-corrected chi connectivity index (χ0v) is 10.4. The van der Waals surface area contributed by atoms with Crippen molar-refractivity contribution < 1.29 is 14.9 Å². The Morgan fingerprint density at radius 3 is 3.00 bits per heavy atom. The van der Waals surface area contributed by atoms with E-state index in [1.807, 2.05) is 0 Å². The van der Waals surface area contributed by atoms with Crippen LogP contribution in [0.25, 0.3) is 0 Å². The Morgan fingerprint density at radius 2 is 2.47 bits per heavy atom. The molecule has 4 N–H and O–H groups in total. The molecule has 2 heterocycles. The highest BCUT2D eigenvalue weighted by Gasteiger charge is 2.47. The van der Waals surface area contributed by atoms with Gasteiger partial charge in [-0.25, -0.2) is 4.79 Å². The number of aryl methyl sites for hydroxylation is 1. The monoisotopic (exact) mass is 265 g/mol. The fraction of sp³-hybridized carbons (Fsp3) is 0.500. The fourth-order valence-corrected chi connectivity index (χ4v) is 2.02. The summed E-state index contributed by atoms with van der Waals surface area (Å²) in [5, 5.41) is 19.2. The van der Waals surface area contributed by atoms with Gasteiger partial charge in [0, 0.05) is 18.2 Å². The minimum Gasteiger partial charge on any atom is -0.392 e. The Bertz CT molecular complexity index is 592. The number of aromatic nitrogens is 2. The van der Waals surface area contributed by atoms with Crippen molar-refractivity contribution in [1.82, 2.24) is 9.55 Å². The summed E-state index contributed by atoms with van der Waals surface area (Å²) < 4.78 is 6.68. The van der Waals surface area contributed by atoms with Crippen molar-refractivity contribution >= 4 is 5.82 Å². The maximum Gasteiger partial charge on any atom is 0.351 e. The molecule has 3 atom stereocenters. The number of aliphatic hydroxyl groups excluding tert-OH is 2. The molecule has 1 fully saturated rings. The molecule has 0 bridgehead atoms. The van der Waals surface area contributed by atoms with Crippen molar-refractivity contribution in [2.75, 3.05) is 12.3 Å². The molecule has 1 aliphatic heterocycles. The van der Waals surface area contributed by atoms with E-state index in [1.54, 1.807) is 6.92 Å². The van der Waals surface area contributed by atoms with E-state index < -0.39 is 30.2 Å². The highest BCUT2D eigenvalue weighted by Crippen LogP contribution is 2.35. The number of rotatable bonds is 2. The number of nitrogens with zero attached hydrogens (tertiary/aromatic N) is 2. The van der Waals surface area contributed by atoms with Gasteiger partial charge in [-0.15, -0.1) is 6.42 Å². The molecule has 19 heavy (non-hydrogen) atoms. The van der Waals surface area contributed by atoms with E-state index in [4.69, 9.17) is 16.9 Å². The van der Waals surface area contributed by atoms with Crippen molar-refractivity contribution in [1.29, 1.82) is 0 Å². The zero-order chi connectivity index (χ0) is 14.2. The molecule has 1 saturated heterocycles. The third-order valence-electron chi connectivity index (χ3n) is 3.27. The average molecular weight is 265 g/mol. The van der Waals surface area contributed by atoms with Crippen LogP contribution in [0.3, 0.4) is 0 Å². The number of terminal acetylenes is 1. The normalized spacial score (nSPS) is 30.2. The third kappa shape index (κ3) is 2.10. The van der Waals surface area contributed by atoms with E-state index in [0.717, 1.165) is 0 Å². The topological polar surface area (TPSA) is 111 Å². The van der Waals surface area contributed by atoms with Gasteiger partial charge in [-0.05, 0) is 6.92 Å². The minimum atomic E-state index is -1.49. The molecule has 7 heteroatoms. The van der Waals surface area contributed by atoms with Crippen LogP contribution in [0, 0.1) is 19.3 Å². The van der Waals surface area contributed by atoms with Gasteiger partial charge in [0.05, 0.1) is 6.61 Å². The summed E-state index contributed by atoms with van der Waals surface area (Å²) in [5.74, 6) is 2.38. The van der Waals surface area contributed by atoms with E-state index in [1.165, 1.54) is 10.8 Å².